The number of hydrogen-bond donors (Lipinski definition) is 0. The average Bonchev–Trinajstić information content (AvgIpc) is 2.99. The van der Waals surface area contributed by atoms with Gasteiger partial charge in [-0.3, -0.25) is 4.90 Å². The summed E-state index contributed by atoms with van der Waals surface area (Å²) >= 11 is 0. The maximum absolute atomic E-state index is 13.6. The van der Waals surface area contributed by atoms with Gasteiger partial charge in [-0.25, -0.2) is 9.59 Å². The van der Waals surface area contributed by atoms with Gasteiger partial charge in [-0.15, -0.1) is 0 Å². The van der Waals surface area contributed by atoms with Gasteiger partial charge >= 0.3 is 12.1 Å². The molecular weight excluding hydrogens is 502 g/mol. The molecule has 3 aromatic carbocycles. The Morgan fingerprint density at radius 2 is 1.38 bits per heavy atom. The van der Waals surface area contributed by atoms with Crippen molar-refractivity contribution in [3.05, 3.63) is 120 Å². The third-order valence-electron chi connectivity index (χ3n) is 6.59. The highest BCUT2D eigenvalue weighted by molar-refractivity contribution is 5.82. The first-order chi connectivity index (χ1) is 19.5. The van der Waals surface area contributed by atoms with Crippen molar-refractivity contribution in [2.45, 2.75) is 71.4 Å². The largest absolute Gasteiger partial charge is 0.464 e. The van der Waals surface area contributed by atoms with E-state index in [2.05, 4.69) is 0 Å². The fourth-order valence-corrected chi connectivity index (χ4v) is 4.23. The number of carbonyl (C=O) groups is 2. The summed E-state index contributed by atoms with van der Waals surface area (Å²) in [6, 6.07) is 27.8. The summed E-state index contributed by atoms with van der Waals surface area (Å²) in [5.74, 6) is -0.449. The monoisotopic (exact) mass is 543 g/mol. The Kier molecular flexibility index (Phi) is 13.0. The van der Waals surface area contributed by atoms with Crippen LogP contribution in [0, 0.1) is 0 Å². The van der Waals surface area contributed by atoms with Gasteiger partial charge in [0.1, 0.15) is 12.6 Å². The summed E-state index contributed by atoms with van der Waals surface area (Å²) in [6.07, 6.45) is 4.97. The van der Waals surface area contributed by atoms with Gasteiger partial charge in [-0.2, -0.15) is 0 Å². The van der Waals surface area contributed by atoms with Crippen LogP contribution in [0.5, 0.6) is 0 Å². The van der Waals surface area contributed by atoms with Crippen LogP contribution in [0.2, 0.25) is 0 Å². The Morgan fingerprint density at radius 1 is 0.800 bits per heavy atom. The van der Waals surface area contributed by atoms with E-state index in [1.54, 1.807) is 0 Å². The molecule has 0 aliphatic rings. The zero-order chi connectivity index (χ0) is 28.6. The summed E-state index contributed by atoms with van der Waals surface area (Å²) in [5.41, 5.74) is 2.85. The molecule has 0 aliphatic heterocycles. The van der Waals surface area contributed by atoms with Crippen molar-refractivity contribution in [3.63, 3.8) is 0 Å². The maximum atomic E-state index is 13.6. The van der Waals surface area contributed by atoms with Gasteiger partial charge in [0.2, 0.25) is 0 Å². The van der Waals surface area contributed by atoms with Crippen molar-refractivity contribution >= 4 is 12.1 Å². The topological polar surface area (TPSA) is 65.1 Å². The first-order valence-corrected chi connectivity index (χ1v) is 14.0. The normalized spacial score (nSPS) is 13.4. The fraction of sp³-hybridized carbons (Fsp3) is 0.353. The first kappa shape index (κ1) is 30.6. The molecule has 212 valence electrons. The Hall–Kier alpha value is -3.90. The number of esters is 1. The molecule has 0 aromatic heterocycles. The van der Waals surface area contributed by atoms with Crippen LogP contribution in [-0.4, -0.2) is 35.7 Å². The van der Waals surface area contributed by atoms with Crippen LogP contribution in [0.25, 0.3) is 0 Å². The van der Waals surface area contributed by atoms with E-state index in [9.17, 15) is 9.59 Å². The van der Waals surface area contributed by atoms with Gasteiger partial charge in [0.15, 0.2) is 0 Å². The van der Waals surface area contributed by atoms with E-state index in [1.165, 1.54) is 4.90 Å². The SMILES string of the molecule is CCCCOC(=O)[C@@H](C/C=C/[C@H](C)OCc1ccccc1)N(C(=O)OCc1ccccc1)[C@@H](C)c1ccccc1. The maximum Gasteiger partial charge on any atom is 0.411 e. The molecule has 3 atom stereocenters. The second-order valence-electron chi connectivity index (χ2n) is 9.74. The van der Waals surface area contributed by atoms with E-state index in [0.29, 0.717) is 13.2 Å². The molecule has 40 heavy (non-hydrogen) atoms. The highest BCUT2D eigenvalue weighted by Gasteiger charge is 2.35. The molecule has 0 aliphatic carbocycles. The number of rotatable bonds is 15. The van der Waals surface area contributed by atoms with Crippen LogP contribution in [0.1, 0.15) is 62.8 Å². The van der Waals surface area contributed by atoms with E-state index in [-0.39, 0.29) is 19.1 Å². The van der Waals surface area contributed by atoms with Crippen LogP contribution in [0.15, 0.2) is 103 Å². The molecule has 0 fully saturated rings. The average molecular weight is 544 g/mol. The molecule has 3 rings (SSSR count). The summed E-state index contributed by atoms with van der Waals surface area (Å²) in [4.78, 5) is 28.5. The minimum absolute atomic E-state index is 0.107. The lowest BCUT2D eigenvalue weighted by Gasteiger charge is -2.34. The molecule has 0 spiro atoms. The molecule has 0 radical (unpaired) electrons. The third kappa shape index (κ3) is 10.0. The van der Waals surface area contributed by atoms with E-state index >= 15 is 0 Å². The number of benzene rings is 3. The standard InChI is InChI=1S/C34H41NO5/c1-4-5-24-38-33(36)32(23-15-16-27(2)39-25-29-17-9-6-10-18-29)35(28(3)31-21-13-8-14-22-31)34(37)40-26-30-19-11-7-12-20-30/h6-22,27-28,32H,4-5,23-26H2,1-3H3/b16-15+/t27-,28-,32+/m0/s1. The highest BCUT2D eigenvalue weighted by atomic mass is 16.6. The quantitative estimate of drug-likeness (QED) is 0.112. The summed E-state index contributed by atoms with van der Waals surface area (Å²) in [6.45, 7) is 6.79. The summed E-state index contributed by atoms with van der Waals surface area (Å²) in [7, 11) is 0. The minimum atomic E-state index is -0.868. The molecule has 0 bridgehead atoms. The molecule has 0 saturated heterocycles. The van der Waals surface area contributed by atoms with E-state index < -0.39 is 24.1 Å². The number of nitrogens with zero attached hydrogens (tertiary/aromatic N) is 1. The Morgan fingerprint density at radius 3 is 1.98 bits per heavy atom. The van der Waals surface area contributed by atoms with Crippen molar-refractivity contribution in [3.8, 4) is 0 Å². The molecule has 6 nitrogen and oxygen atoms in total. The van der Waals surface area contributed by atoms with Gasteiger partial charge in [0.25, 0.3) is 0 Å². The second kappa shape index (κ2) is 16.9. The molecule has 3 aromatic rings. The first-order valence-electron chi connectivity index (χ1n) is 14.0. The van der Waals surface area contributed by atoms with Crippen molar-refractivity contribution in [1.82, 2.24) is 4.90 Å². The van der Waals surface area contributed by atoms with Crippen molar-refractivity contribution in [2.75, 3.05) is 6.61 Å². The number of hydrogen-bond acceptors (Lipinski definition) is 5. The predicted molar refractivity (Wildman–Crippen MR) is 157 cm³/mol. The number of ether oxygens (including phenoxy) is 3. The minimum Gasteiger partial charge on any atom is -0.464 e. The zero-order valence-corrected chi connectivity index (χ0v) is 23.8. The molecule has 6 heteroatoms. The van der Waals surface area contributed by atoms with Crippen LogP contribution >= 0.6 is 0 Å². The van der Waals surface area contributed by atoms with Crippen LogP contribution in [-0.2, 0) is 32.2 Å². The van der Waals surface area contributed by atoms with Gasteiger partial charge < -0.3 is 14.2 Å². The van der Waals surface area contributed by atoms with Crippen molar-refractivity contribution in [1.29, 1.82) is 0 Å². The number of amides is 1. The van der Waals surface area contributed by atoms with Crippen LogP contribution in [0.3, 0.4) is 0 Å². The van der Waals surface area contributed by atoms with Crippen molar-refractivity contribution < 1.29 is 23.8 Å². The van der Waals surface area contributed by atoms with Gasteiger partial charge in [-0.05, 0) is 43.4 Å². The van der Waals surface area contributed by atoms with Crippen LogP contribution in [0.4, 0.5) is 4.79 Å². The highest BCUT2D eigenvalue weighted by Crippen LogP contribution is 2.26. The fourth-order valence-electron chi connectivity index (χ4n) is 4.23. The third-order valence-corrected chi connectivity index (χ3v) is 6.59. The molecule has 0 unspecified atom stereocenters. The molecule has 0 N–H and O–H groups in total. The zero-order valence-electron chi connectivity index (χ0n) is 23.8. The number of unbranched alkanes of at least 4 members (excludes halogenated alkanes) is 1. The Bertz CT molecular complexity index is 1170. The van der Waals surface area contributed by atoms with Crippen LogP contribution < -0.4 is 0 Å². The van der Waals surface area contributed by atoms with Gasteiger partial charge in [0, 0.05) is 0 Å². The van der Waals surface area contributed by atoms with Gasteiger partial charge in [0.05, 0.1) is 25.4 Å². The number of carbonyl (C=O) groups excluding carboxylic acids is 2. The predicted octanol–water partition coefficient (Wildman–Crippen LogP) is 7.65. The second-order valence-corrected chi connectivity index (χ2v) is 9.74. The molecule has 0 heterocycles. The molecule has 1 amide bonds. The summed E-state index contributed by atoms with van der Waals surface area (Å²) in [5, 5.41) is 0. The van der Waals surface area contributed by atoms with E-state index in [1.807, 2.05) is 124 Å². The van der Waals surface area contributed by atoms with Gasteiger partial charge in [-0.1, -0.05) is 116 Å². The van der Waals surface area contributed by atoms with E-state index in [0.717, 1.165) is 29.5 Å². The smallest absolute Gasteiger partial charge is 0.411 e. The Labute approximate surface area is 238 Å². The van der Waals surface area contributed by atoms with Crippen molar-refractivity contribution in [2.24, 2.45) is 0 Å². The lowest BCUT2D eigenvalue weighted by molar-refractivity contribution is -0.150. The molecule has 0 saturated carbocycles. The molecular formula is C34H41NO5. The lowest BCUT2D eigenvalue weighted by Crippen LogP contribution is -2.47. The Balaban J connectivity index is 1.80. The summed E-state index contributed by atoms with van der Waals surface area (Å²) < 4.78 is 17.3. The van der Waals surface area contributed by atoms with E-state index in [4.69, 9.17) is 14.2 Å². The lowest BCUT2D eigenvalue weighted by atomic mass is 10.0.